The highest BCUT2D eigenvalue weighted by atomic mass is 32.1. The normalized spacial score (nSPS) is 10.9. The third kappa shape index (κ3) is 4.89. The fraction of sp³-hybridized carbons (Fsp3) is 0.438. The van der Waals surface area contributed by atoms with Crippen LogP contribution in [0.25, 0.3) is 10.7 Å². The van der Waals surface area contributed by atoms with Crippen LogP contribution in [-0.2, 0) is 11.2 Å². The van der Waals surface area contributed by atoms with Gasteiger partial charge in [0.05, 0.1) is 17.8 Å². The van der Waals surface area contributed by atoms with Crippen LogP contribution in [0, 0.1) is 6.92 Å². The molecule has 2 aromatic rings. The van der Waals surface area contributed by atoms with E-state index in [9.17, 15) is 4.79 Å². The second kappa shape index (κ2) is 8.00. The number of carbonyl (C=O) groups excluding carboxylic acids is 1. The van der Waals surface area contributed by atoms with Crippen LogP contribution < -0.4 is 5.32 Å². The van der Waals surface area contributed by atoms with E-state index in [2.05, 4.69) is 20.2 Å². The quantitative estimate of drug-likeness (QED) is 0.795. The largest absolute Gasteiger partial charge is 0.356 e. The third-order valence-corrected chi connectivity index (χ3v) is 4.38. The number of nitrogens with zero attached hydrogens (tertiary/aromatic N) is 3. The number of thiazole rings is 1. The molecule has 0 saturated carbocycles. The standard InChI is InChI=1S/C16H22N4OS/c1-12-14(11-15(21)18-9-6-10-20(2)3)22-16(19-12)13-7-4-5-8-17-13/h4-5,7-8H,6,9-11H2,1-3H3,(H,18,21). The van der Waals surface area contributed by atoms with Crippen molar-refractivity contribution in [1.29, 1.82) is 0 Å². The Labute approximate surface area is 135 Å². The zero-order chi connectivity index (χ0) is 15.9. The first kappa shape index (κ1) is 16.6. The van der Waals surface area contributed by atoms with Gasteiger partial charge >= 0.3 is 0 Å². The van der Waals surface area contributed by atoms with Crippen LogP contribution in [0.2, 0.25) is 0 Å². The number of pyridine rings is 1. The van der Waals surface area contributed by atoms with Crippen LogP contribution in [-0.4, -0.2) is 48.0 Å². The van der Waals surface area contributed by atoms with Gasteiger partial charge in [0.2, 0.25) is 5.91 Å². The molecule has 2 heterocycles. The molecular weight excluding hydrogens is 296 g/mol. The highest BCUT2D eigenvalue weighted by Crippen LogP contribution is 2.26. The van der Waals surface area contributed by atoms with Crippen molar-refractivity contribution in [2.24, 2.45) is 0 Å². The molecule has 0 bridgehead atoms. The number of carbonyl (C=O) groups is 1. The second-order valence-corrected chi connectivity index (χ2v) is 6.51. The number of hydrogen-bond acceptors (Lipinski definition) is 5. The van der Waals surface area contributed by atoms with Gasteiger partial charge in [-0.2, -0.15) is 0 Å². The summed E-state index contributed by atoms with van der Waals surface area (Å²) in [6.07, 6.45) is 3.10. The molecular formula is C16H22N4OS. The van der Waals surface area contributed by atoms with Crippen LogP contribution in [0.4, 0.5) is 0 Å². The second-order valence-electron chi connectivity index (χ2n) is 5.43. The Morgan fingerprint density at radius 3 is 2.86 bits per heavy atom. The number of aromatic nitrogens is 2. The summed E-state index contributed by atoms with van der Waals surface area (Å²) in [5.41, 5.74) is 1.77. The number of amides is 1. The number of rotatable bonds is 7. The van der Waals surface area contributed by atoms with E-state index in [1.165, 1.54) is 0 Å². The molecule has 5 nitrogen and oxygen atoms in total. The molecule has 0 fully saturated rings. The van der Waals surface area contributed by atoms with E-state index < -0.39 is 0 Å². The molecule has 1 amide bonds. The molecule has 0 aromatic carbocycles. The smallest absolute Gasteiger partial charge is 0.225 e. The van der Waals surface area contributed by atoms with Crippen LogP contribution in [0.1, 0.15) is 17.0 Å². The Bertz CT molecular complexity index is 610. The number of aryl methyl sites for hydroxylation is 1. The molecule has 0 aliphatic heterocycles. The van der Waals surface area contributed by atoms with Crippen LogP contribution in [0.5, 0.6) is 0 Å². The number of hydrogen-bond donors (Lipinski definition) is 1. The van der Waals surface area contributed by atoms with Crippen LogP contribution >= 0.6 is 11.3 Å². The topological polar surface area (TPSA) is 58.1 Å². The lowest BCUT2D eigenvalue weighted by Gasteiger charge is -2.09. The molecule has 2 rings (SSSR count). The molecule has 2 aromatic heterocycles. The van der Waals surface area contributed by atoms with Gasteiger partial charge in [-0.1, -0.05) is 6.07 Å². The van der Waals surface area contributed by atoms with Gasteiger partial charge in [-0.05, 0) is 46.1 Å². The Morgan fingerprint density at radius 2 is 2.18 bits per heavy atom. The lowest BCUT2D eigenvalue weighted by molar-refractivity contribution is -0.120. The Morgan fingerprint density at radius 1 is 1.36 bits per heavy atom. The lowest BCUT2D eigenvalue weighted by atomic mass is 10.3. The zero-order valence-electron chi connectivity index (χ0n) is 13.3. The Balaban J connectivity index is 1.90. The van der Waals surface area contributed by atoms with Crippen molar-refractivity contribution < 1.29 is 4.79 Å². The van der Waals surface area contributed by atoms with Crippen molar-refractivity contribution in [2.45, 2.75) is 19.8 Å². The van der Waals surface area contributed by atoms with E-state index in [1.54, 1.807) is 17.5 Å². The summed E-state index contributed by atoms with van der Waals surface area (Å²) in [6, 6.07) is 5.76. The van der Waals surface area contributed by atoms with E-state index in [1.807, 2.05) is 39.2 Å². The van der Waals surface area contributed by atoms with Gasteiger partial charge in [-0.25, -0.2) is 4.98 Å². The van der Waals surface area contributed by atoms with Crippen molar-refractivity contribution in [3.05, 3.63) is 35.0 Å². The van der Waals surface area contributed by atoms with Crippen molar-refractivity contribution >= 4 is 17.2 Å². The zero-order valence-corrected chi connectivity index (χ0v) is 14.1. The van der Waals surface area contributed by atoms with Crippen molar-refractivity contribution in [3.8, 4) is 10.7 Å². The average Bonchev–Trinajstić information content (AvgIpc) is 2.85. The predicted octanol–water partition coefficient (Wildman–Crippen LogP) is 2.12. The van der Waals surface area contributed by atoms with E-state index in [0.717, 1.165) is 34.2 Å². The predicted molar refractivity (Wildman–Crippen MR) is 90.0 cm³/mol. The molecule has 0 unspecified atom stereocenters. The van der Waals surface area contributed by atoms with Crippen LogP contribution in [0.15, 0.2) is 24.4 Å². The summed E-state index contributed by atoms with van der Waals surface area (Å²) < 4.78 is 0. The van der Waals surface area contributed by atoms with E-state index in [-0.39, 0.29) is 5.91 Å². The maximum Gasteiger partial charge on any atom is 0.225 e. The van der Waals surface area contributed by atoms with E-state index in [0.29, 0.717) is 13.0 Å². The van der Waals surface area contributed by atoms with Crippen molar-refractivity contribution in [2.75, 3.05) is 27.2 Å². The minimum absolute atomic E-state index is 0.0538. The first-order valence-electron chi connectivity index (χ1n) is 7.35. The molecule has 0 saturated heterocycles. The highest BCUT2D eigenvalue weighted by molar-refractivity contribution is 7.15. The number of nitrogens with one attached hydrogen (secondary N) is 1. The molecule has 118 valence electrons. The molecule has 1 N–H and O–H groups in total. The molecule has 6 heteroatoms. The van der Waals surface area contributed by atoms with Crippen molar-refractivity contribution in [3.63, 3.8) is 0 Å². The fourth-order valence-corrected chi connectivity index (χ4v) is 3.06. The summed E-state index contributed by atoms with van der Waals surface area (Å²) >= 11 is 1.54. The minimum Gasteiger partial charge on any atom is -0.356 e. The molecule has 0 aliphatic rings. The molecule has 0 radical (unpaired) electrons. The lowest BCUT2D eigenvalue weighted by Crippen LogP contribution is -2.28. The van der Waals surface area contributed by atoms with Crippen molar-refractivity contribution in [1.82, 2.24) is 20.2 Å². The molecule has 22 heavy (non-hydrogen) atoms. The van der Waals surface area contributed by atoms with E-state index in [4.69, 9.17) is 0 Å². The SMILES string of the molecule is Cc1nc(-c2ccccn2)sc1CC(=O)NCCCN(C)C. The van der Waals surface area contributed by atoms with Gasteiger partial charge in [0.25, 0.3) is 0 Å². The maximum atomic E-state index is 12.0. The monoisotopic (exact) mass is 318 g/mol. The van der Waals surface area contributed by atoms with Crippen LogP contribution in [0.3, 0.4) is 0 Å². The van der Waals surface area contributed by atoms with Gasteiger partial charge < -0.3 is 10.2 Å². The third-order valence-electron chi connectivity index (χ3n) is 3.20. The van der Waals surface area contributed by atoms with Gasteiger partial charge in [0.1, 0.15) is 5.01 Å². The summed E-state index contributed by atoms with van der Waals surface area (Å²) in [6.45, 7) is 3.63. The molecule has 0 spiro atoms. The summed E-state index contributed by atoms with van der Waals surface area (Å²) in [5, 5.41) is 3.83. The molecule has 0 atom stereocenters. The minimum atomic E-state index is 0.0538. The van der Waals surface area contributed by atoms with Gasteiger partial charge in [-0.3, -0.25) is 9.78 Å². The summed E-state index contributed by atoms with van der Waals surface area (Å²) in [5.74, 6) is 0.0538. The summed E-state index contributed by atoms with van der Waals surface area (Å²) in [7, 11) is 4.06. The maximum absolute atomic E-state index is 12.0. The first-order chi connectivity index (χ1) is 10.6. The summed E-state index contributed by atoms with van der Waals surface area (Å²) in [4.78, 5) is 23.9. The van der Waals surface area contributed by atoms with Gasteiger partial charge in [0.15, 0.2) is 0 Å². The van der Waals surface area contributed by atoms with Gasteiger partial charge in [0, 0.05) is 17.6 Å². The highest BCUT2D eigenvalue weighted by Gasteiger charge is 2.13. The molecule has 0 aliphatic carbocycles. The average molecular weight is 318 g/mol. The van der Waals surface area contributed by atoms with E-state index >= 15 is 0 Å². The first-order valence-corrected chi connectivity index (χ1v) is 8.17. The fourth-order valence-electron chi connectivity index (χ4n) is 2.02. The Kier molecular flexibility index (Phi) is 6.03. The van der Waals surface area contributed by atoms with Gasteiger partial charge in [-0.15, -0.1) is 11.3 Å². The Hall–Kier alpha value is -1.79.